The van der Waals surface area contributed by atoms with Crippen LogP contribution < -0.4 is 5.73 Å². The number of pyridine rings is 1. The Labute approximate surface area is 183 Å². The van der Waals surface area contributed by atoms with Gasteiger partial charge < -0.3 is 10.3 Å². The van der Waals surface area contributed by atoms with Crippen molar-refractivity contribution in [3.63, 3.8) is 0 Å². The van der Waals surface area contributed by atoms with Gasteiger partial charge in [0.25, 0.3) is 0 Å². The van der Waals surface area contributed by atoms with E-state index in [4.69, 9.17) is 10.3 Å². The fraction of sp³-hybridized carbons (Fsp3) is 0.143. The molecule has 10 heteroatoms. The SMILES string of the molecule is CS(=O)(=O)c1ccc(F)c(CC(N)c2ccccc2-c2noc3c(F)cccc23)n1.Cl. The number of benzene rings is 2. The highest BCUT2D eigenvalue weighted by Crippen LogP contribution is 2.34. The molecule has 0 aliphatic rings. The summed E-state index contributed by atoms with van der Waals surface area (Å²) in [7, 11) is -3.59. The van der Waals surface area contributed by atoms with Crippen LogP contribution in [0.2, 0.25) is 0 Å². The van der Waals surface area contributed by atoms with Crippen molar-refractivity contribution in [2.75, 3.05) is 6.26 Å². The molecule has 6 nitrogen and oxygen atoms in total. The van der Waals surface area contributed by atoms with Gasteiger partial charge in [-0.15, -0.1) is 12.4 Å². The van der Waals surface area contributed by atoms with Crippen LogP contribution in [0, 0.1) is 11.6 Å². The summed E-state index contributed by atoms with van der Waals surface area (Å²) in [6.45, 7) is 0. The van der Waals surface area contributed by atoms with E-state index < -0.39 is 27.5 Å². The molecule has 0 amide bonds. The lowest BCUT2D eigenvalue weighted by Crippen LogP contribution is -2.17. The molecule has 31 heavy (non-hydrogen) atoms. The first-order chi connectivity index (χ1) is 14.3. The predicted molar refractivity (Wildman–Crippen MR) is 115 cm³/mol. The monoisotopic (exact) mass is 465 g/mol. The fourth-order valence-electron chi connectivity index (χ4n) is 3.29. The third-order valence-electron chi connectivity index (χ3n) is 4.75. The van der Waals surface area contributed by atoms with Gasteiger partial charge in [0.1, 0.15) is 11.5 Å². The third-order valence-corrected chi connectivity index (χ3v) is 5.74. The van der Waals surface area contributed by atoms with Gasteiger partial charge in [-0.25, -0.2) is 22.2 Å². The number of hydrogen-bond donors (Lipinski definition) is 1. The predicted octanol–water partition coefficient (Wildman–Crippen LogP) is 4.24. The van der Waals surface area contributed by atoms with Crippen LogP contribution in [0.25, 0.3) is 22.2 Å². The zero-order chi connectivity index (χ0) is 21.5. The van der Waals surface area contributed by atoms with E-state index in [0.29, 0.717) is 22.2 Å². The molecule has 0 aliphatic heterocycles. The average Bonchev–Trinajstić information content (AvgIpc) is 3.14. The molecular weight excluding hydrogens is 448 g/mol. The van der Waals surface area contributed by atoms with Gasteiger partial charge in [-0.05, 0) is 29.8 Å². The number of sulfone groups is 1. The van der Waals surface area contributed by atoms with E-state index in [-0.39, 0.29) is 35.1 Å². The second kappa shape index (κ2) is 8.70. The molecule has 2 N–H and O–H groups in total. The van der Waals surface area contributed by atoms with Gasteiger partial charge in [0.15, 0.2) is 20.7 Å². The second-order valence-corrected chi connectivity index (χ2v) is 8.86. The Morgan fingerprint density at radius 3 is 2.52 bits per heavy atom. The molecule has 0 saturated carbocycles. The number of para-hydroxylation sites is 1. The molecule has 4 aromatic rings. The first-order valence-corrected chi connectivity index (χ1v) is 10.9. The maximum atomic E-state index is 14.3. The summed E-state index contributed by atoms with van der Waals surface area (Å²) in [4.78, 5) is 3.94. The molecule has 2 aromatic heterocycles. The summed E-state index contributed by atoms with van der Waals surface area (Å²) in [6, 6.07) is 13.0. The second-order valence-electron chi connectivity index (χ2n) is 6.90. The highest BCUT2D eigenvalue weighted by Gasteiger charge is 2.21. The fourth-order valence-corrected chi connectivity index (χ4v) is 3.88. The van der Waals surface area contributed by atoms with Crippen molar-refractivity contribution in [2.45, 2.75) is 17.5 Å². The lowest BCUT2D eigenvalue weighted by atomic mass is 9.94. The lowest BCUT2D eigenvalue weighted by molar-refractivity contribution is 0.443. The van der Waals surface area contributed by atoms with Crippen molar-refractivity contribution in [1.29, 1.82) is 0 Å². The molecular formula is C21H18ClF2N3O3S. The van der Waals surface area contributed by atoms with Gasteiger partial charge in [-0.2, -0.15) is 0 Å². The highest BCUT2D eigenvalue weighted by atomic mass is 35.5. The summed E-state index contributed by atoms with van der Waals surface area (Å²) in [5.41, 5.74) is 7.95. The molecule has 0 radical (unpaired) electrons. The van der Waals surface area contributed by atoms with E-state index in [1.54, 1.807) is 36.4 Å². The van der Waals surface area contributed by atoms with Gasteiger partial charge in [-0.1, -0.05) is 35.5 Å². The first kappa shape index (κ1) is 22.8. The van der Waals surface area contributed by atoms with E-state index in [9.17, 15) is 17.2 Å². The standard InChI is InChI=1S/C21H17F2N3O3S.ClH/c1-30(27,28)19-10-9-15(22)18(25-19)11-17(24)12-5-2-3-6-13(12)20-14-7-4-8-16(23)21(14)29-26-20;/h2-10,17H,11,24H2,1H3;1H. The van der Waals surface area contributed by atoms with Crippen LogP contribution >= 0.6 is 12.4 Å². The van der Waals surface area contributed by atoms with Crippen molar-refractivity contribution in [2.24, 2.45) is 5.73 Å². The summed E-state index contributed by atoms with van der Waals surface area (Å²) < 4.78 is 56.9. The largest absolute Gasteiger partial charge is 0.352 e. The first-order valence-electron chi connectivity index (χ1n) is 9.00. The zero-order valence-corrected chi connectivity index (χ0v) is 17.9. The van der Waals surface area contributed by atoms with Gasteiger partial charge in [-0.3, -0.25) is 0 Å². The Morgan fingerprint density at radius 2 is 1.77 bits per heavy atom. The molecule has 0 spiro atoms. The van der Waals surface area contributed by atoms with Crippen molar-refractivity contribution < 1.29 is 21.7 Å². The number of fused-ring (bicyclic) bond motifs is 1. The van der Waals surface area contributed by atoms with Crippen LogP contribution in [-0.4, -0.2) is 24.8 Å². The topological polar surface area (TPSA) is 99.1 Å². The maximum Gasteiger partial charge on any atom is 0.203 e. The van der Waals surface area contributed by atoms with Crippen LogP contribution in [0.4, 0.5) is 8.78 Å². The lowest BCUT2D eigenvalue weighted by Gasteiger charge is -2.16. The number of nitrogens with two attached hydrogens (primary N) is 1. The van der Waals surface area contributed by atoms with E-state index >= 15 is 0 Å². The minimum absolute atomic E-state index is 0. The average molecular weight is 466 g/mol. The van der Waals surface area contributed by atoms with Gasteiger partial charge in [0, 0.05) is 24.3 Å². The quantitative estimate of drug-likeness (QED) is 0.473. The molecule has 1 atom stereocenters. The Kier molecular flexibility index (Phi) is 6.40. The van der Waals surface area contributed by atoms with Crippen LogP contribution in [0.15, 0.2) is 64.1 Å². The molecule has 1 unspecified atom stereocenters. The van der Waals surface area contributed by atoms with E-state index in [1.807, 2.05) is 0 Å². The van der Waals surface area contributed by atoms with E-state index in [0.717, 1.165) is 18.4 Å². The van der Waals surface area contributed by atoms with Crippen molar-refractivity contribution in [3.8, 4) is 11.3 Å². The number of aromatic nitrogens is 2. The molecule has 0 bridgehead atoms. The minimum atomic E-state index is -3.59. The van der Waals surface area contributed by atoms with Crippen LogP contribution in [0.3, 0.4) is 0 Å². The number of nitrogens with zero attached hydrogens (tertiary/aromatic N) is 2. The number of rotatable bonds is 5. The van der Waals surface area contributed by atoms with Gasteiger partial charge >= 0.3 is 0 Å². The van der Waals surface area contributed by atoms with Crippen LogP contribution in [-0.2, 0) is 16.3 Å². The Hall–Kier alpha value is -2.88. The number of halogens is 3. The van der Waals surface area contributed by atoms with Crippen molar-refractivity contribution in [1.82, 2.24) is 10.1 Å². The molecule has 0 aliphatic carbocycles. The Balaban J connectivity index is 0.00000272. The van der Waals surface area contributed by atoms with E-state index in [1.165, 1.54) is 6.07 Å². The Bertz CT molecular complexity index is 1360. The van der Waals surface area contributed by atoms with Crippen LogP contribution in [0.5, 0.6) is 0 Å². The summed E-state index contributed by atoms with van der Waals surface area (Å²) in [5, 5.41) is 4.26. The third kappa shape index (κ3) is 4.43. The van der Waals surface area contributed by atoms with Gasteiger partial charge in [0.2, 0.25) is 5.58 Å². The maximum absolute atomic E-state index is 14.3. The Morgan fingerprint density at radius 1 is 1.03 bits per heavy atom. The smallest absolute Gasteiger partial charge is 0.203 e. The van der Waals surface area contributed by atoms with E-state index in [2.05, 4.69) is 10.1 Å². The van der Waals surface area contributed by atoms with Gasteiger partial charge in [0.05, 0.1) is 11.1 Å². The minimum Gasteiger partial charge on any atom is -0.352 e. The highest BCUT2D eigenvalue weighted by molar-refractivity contribution is 7.90. The summed E-state index contributed by atoms with van der Waals surface area (Å²) >= 11 is 0. The molecule has 162 valence electrons. The van der Waals surface area contributed by atoms with Crippen molar-refractivity contribution >= 4 is 33.2 Å². The summed E-state index contributed by atoms with van der Waals surface area (Å²) in [6.07, 6.45) is 0.956. The summed E-state index contributed by atoms with van der Waals surface area (Å²) in [5.74, 6) is -1.18. The molecule has 4 rings (SSSR count). The number of hydrogen-bond acceptors (Lipinski definition) is 6. The normalized spacial score (nSPS) is 12.5. The van der Waals surface area contributed by atoms with Crippen LogP contribution in [0.1, 0.15) is 17.3 Å². The zero-order valence-electron chi connectivity index (χ0n) is 16.2. The molecule has 0 saturated heterocycles. The molecule has 2 heterocycles. The molecule has 2 aromatic carbocycles. The van der Waals surface area contributed by atoms with Crippen molar-refractivity contribution in [3.05, 3.63) is 77.5 Å². The molecule has 0 fully saturated rings.